The van der Waals surface area contributed by atoms with Crippen LogP contribution >= 0.6 is 27.5 Å². The summed E-state index contributed by atoms with van der Waals surface area (Å²) in [5.74, 6) is -0.377. The Hall–Kier alpha value is -1.10. The second-order valence-electron chi connectivity index (χ2n) is 4.11. The van der Waals surface area contributed by atoms with Crippen molar-refractivity contribution in [2.45, 2.75) is 6.04 Å². The summed E-state index contributed by atoms with van der Waals surface area (Å²) in [6, 6.07) is 12.0. The predicted molar refractivity (Wildman–Crippen MR) is 81.0 cm³/mol. The Balaban J connectivity index is 2.26. The normalized spacial score (nSPS) is 12.2. The van der Waals surface area contributed by atoms with Gasteiger partial charge >= 0.3 is 0 Å². The number of hydrogen-bond acceptors (Lipinski definition) is 2. The topological polar surface area (TPSA) is 38.0 Å². The first-order valence-corrected chi connectivity index (χ1v) is 6.94. The quantitative estimate of drug-likeness (QED) is 0.866. The van der Waals surface area contributed by atoms with Crippen LogP contribution in [-0.4, -0.2) is 6.54 Å². The van der Waals surface area contributed by atoms with Crippen molar-refractivity contribution >= 4 is 33.2 Å². The molecule has 0 aliphatic carbocycles. The summed E-state index contributed by atoms with van der Waals surface area (Å²) >= 11 is 9.32. The molecule has 0 heterocycles. The van der Waals surface area contributed by atoms with Crippen molar-refractivity contribution in [1.29, 1.82) is 0 Å². The zero-order chi connectivity index (χ0) is 13.8. The zero-order valence-electron chi connectivity index (χ0n) is 10.0. The van der Waals surface area contributed by atoms with E-state index in [4.69, 9.17) is 17.3 Å². The molecule has 0 amide bonds. The molecular formula is C14H13BrClFN2. The van der Waals surface area contributed by atoms with Crippen LogP contribution in [0.15, 0.2) is 46.9 Å². The van der Waals surface area contributed by atoms with Crippen molar-refractivity contribution in [1.82, 2.24) is 0 Å². The molecule has 0 aliphatic heterocycles. The minimum atomic E-state index is -0.377. The van der Waals surface area contributed by atoms with Gasteiger partial charge in [0.05, 0.1) is 6.04 Å². The highest BCUT2D eigenvalue weighted by Gasteiger charge is 2.13. The van der Waals surface area contributed by atoms with Crippen LogP contribution in [0.4, 0.5) is 10.1 Å². The lowest BCUT2D eigenvalue weighted by Crippen LogP contribution is -2.21. The highest BCUT2D eigenvalue weighted by atomic mass is 79.9. The zero-order valence-corrected chi connectivity index (χ0v) is 12.4. The summed E-state index contributed by atoms with van der Waals surface area (Å²) in [5.41, 5.74) is 7.41. The Morgan fingerprint density at radius 2 is 2.00 bits per heavy atom. The van der Waals surface area contributed by atoms with E-state index in [-0.39, 0.29) is 11.9 Å². The third-order valence-corrected chi connectivity index (χ3v) is 3.66. The van der Waals surface area contributed by atoms with Gasteiger partial charge < -0.3 is 11.1 Å². The van der Waals surface area contributed by atoms with Gasteiger partial charge in [0.25, 0.3) is 0 Å². The maximum atomic E-state index is 13.3. The van der Waals surface area contributed by atoms with Crippen molar-refractivity contribution in [3.63, 3.8) is 0 Å². The molecule has 3 N–H and O–H groups in total. The van der Waals surface area contributed by atoms with E-state index in [1.807, 2.05) is 24.3 Å². The summed E-state index contributed by atoms with van der Waals surface area (Å²) in [6.45, 7) is 0.386. The molecule has 0 fully saturated rings. The Kier molecular flexibility index (Phi) is 4.80. The Morgan fingerprint density at radius 3 is 2.63 bits per heavy atom. The third kappa shape index (κ3) is 3.69. The lowest BCUT2D eigenvalue weighted by atomic mass is 10.1. The fourth-order valence-corrected chi connectivity index (χ4v) is 2.64. The summed E-state index contributed by atoms with van der Waals surface area (Å²) in [5, 5.41) is 3.54. The number of anilines is 1. The van der Waals surface area contributed by atoms with Gasteiger partial charge in [-0.2, -0.15) is 0 Å². The third-order valence-electron chi connectivity index (χ3n) is 2.72. The maximum Gasteiger partial charge on any atom is 0.126 e. The van der Waals surface area contributed by atoms with Gasteiger partial charge in [-0.15, -0.1) is 0 Å². The van der Waals surface area contributed by atoms with E-state index in [0.29, 0.717) is 17.3 Å². The van der Waals surface area contributed by atoms with Gasteiger partial charge in [0.1, 0.15) is 5.82 Å². The molecule has 2 rings (SSSR count). The number of nitrogens with one attached hydrogen (secondary N) is 1. The molecule has 2 aromatic rings. The van der Waals surface area contributed by atoms with E-state index < -0.39 is 0 Å². The second kappa shape index (κ2) is 6.37. The molecule has 19 heavy (non-hydrogen) atoms. The SMILES string of the molecule is NCC(Nc1cc(F)cc(Cl)c1)c1ccccc1Br. The van der Waals surface area contributed by atoms with Gasteiger partial charge in [-0.3, -0.25) is 0 Å². The molecule has 1 unspecified atom stereocenters. The van der Waals surface area contributed by atoms with Gasteiger partial charge in [-0.1, -0.05) is 45.7 Å². The maximum absolute atomic E-state index is 13.3. The Morgan fingerprint density at radius 1 is 1.26 bits per heavy atom. The van der Waals surface area contributed by atoms with Crippen molar-refractivity contribution < 1.29 is 4.39 Å². The van der Waals surface area contributed by atoms with Crippen molar-refractivity contribution in [3.8, 4) is 0 Å². The number of nitrogens with two attached hydrogens (primary N) is 1. The monoisotopic (exact) mass is 342 g/mol. The van der Waals surface area contributed by atoms with E-state index in [0.717, 1.165) is 10.0 Å². The van der Waals surface area contributed by atoms with Gasteiger partial charge in [-0.25, -0.2) is 4.39 Å². The minimum Gasteiger partial charge on any atom is -0.377 e. The summed E-state index contributed by atoms with van der Waals surface area (Å²) in [7, 11) is 0. The first-order valence-electron chi connectivity index (χ1n) is 5.77. The molecule has 0 spiro atoms. The molecular weight excluding hydrogens is 331 g/mol. The molecule has 0 saturated carbocycles. The summed E-state index contributed by atoms with van der Waals surface area (Å²) in [6.07, 6.45) is 0. The van der Waals surface area contributed by atoms with E-state index in [1.165, 1.54) is 12.1 Å². The van der Waals surface area contributed by atoms with E-state index in [2.05, 4.69) is 21.2 Å². The fraction of sp³-hybridized carbons (Fsp3) is 0.143. The molecule has 2 nitrogen and oxygen atoms in total. The van der Waals surface area contributed by atoms with Gasteiger partial charge in [0, 0.05) is 21.7 Å². The molecule has 0 aliphatic rings. The predicted octanol–water partition coefficient (Wildman–Crippen LogP) is 4.35. The van der Waals surface area contributed by atoms with E-state index >= 15 is 0 Å². The average molecular weight is 344 g/mol. The first kappa shape index (κ1) is 14.3. The number of hydrogen-bond donors (Lipinski definition) is 2. The molecule has 2 aromatic carbocycles. The second-order valence-corrected chi connectivity index (χ2v) is 5.40. The minimum absolute atomic E-state index is 0.117. The van der Waals surface area contributed by atoms with Crippen LogP contribution in [0, 0.1) is 5.82 Å². The van der Waals surface area contributed by atoms with Crippen LogP contribution in [0.5, 0.6) is 0 Å². The summed E-state index contributed by atoms with van der Waals surface area (Å²) in [4.78, 5) is 0. The largest absolute Gasteiger partial charge is 0.377 e. The van der Waals surface area contributed by atoms with Crippen molar-refractivity contribution in [3.05, 3.63) is 63.3 Å². The fourth-order valence-electron chi connectivity index (χ4n) is 1.86. The molecule has 0 saturated heterocycles. The smallest absolute Gasteiger partial charge is 0.126 e. The summed E-state index contributed by atoms with van der Waals surface area (Å²) < 4.78 is 14.3. The molecule has 0 aromatic heterocycles. The molecule has 0 bridgehead atoms. The van der Waals surface area contributed by atoms with Crippen LogP contribution in [0.2, 0.25) is 5.02 Å². The Labute approximate surface area is 124 Å². The average Bonchev–Trinajstić information content (AvgIpc) is 2.36. The standard InChI is InChI=1S/C14H13BrClFN2/c15-13-4-2-1-3-12(13)14(8-18)19-11-6-9(16)5-10(17)7-11/h1-7,14,19H,8,18H2. The van der Waals surface area contributed by atoms with Crippen LogP contribution in [0.25, 0.3) is 0 Å². The lowest BCUT2D eigenvalue weighted by molar-refractivity contribution is 0.627. The lowest BCUT2D eigenvalue weighted by Gasteiger charge is -2.20. The highest BCUT2D eigenvalue weighted by Crippen LogP contribution is 2.27. The molecule has 1 atom stereocenters. The van der Waals surface area contributed by atoms with Crippen LogP contribution < -0.4 is 11.1 Å². The van der Waals surface area contributed by atoms with Gasteiger partial charge in [0.2, 0.25) is 0 Å². The van der Waals surface area contributed by atoms with Crippen LogP contribution in [0.1, 0.15) is 11.6 Å². The number of halogens is 3. The van der Waals surface area contributed by atoms with Crippen molar-refractivity contribution in [2.24, 2.45) is 5.73 Å². The number of benzene rings is 2. The van der Waals surface area contributed by atoms with Crippen molar-refractivity contribution in [2.75, 3.05) is 11.9 Å². The van der Waals surface area contributed by atoms with E-state index in [9.17, 15) is 4.39 Å². The van der Waals surface area contributed by atoms with Crippen LogP contribution in [0.3, 0.4) is 0 Å². The van der Waals surface area contributed by atoms with Gasteiger partial charge in [-0.05, 0) is 29.8 Å². The molecule has 100 valence electrons. The molecule has 0 radical (unpaired) electrons. The van der Waals surface area contributed by atoms with E-state index in [1.54, 1.807) is 6.07 Å². The first-order chi connectivity index (χ1) is 9.10. The highest BCUT2D eigenvalue weighted by molar-refractivity contribution is 9.10. The number of rotatable bonds is 4. The van der Waals surface area contributed by atoms with Gasteiger partial charge in [0.15, 0.2) is 0 Å². The Bertz CT molecular complexity index is 557. The molecule has 5 heteroatoms. The van der Waals surface area contributed by atoms with Crippen LogP contribution in [-0.2, 0) is 0 Å².